The normalized spacial score (nSPS) is 11.4. The van der Waals surface area contributed by atoms with Gasteiger partial charge < -0.3 is 4.74 Å². The van der Waals surface area contributed by atoms with E-state index in [0.29, 0.717) is 0 Å². The number of ether oxygens (including phenoxy) is 1. The average Bonchev–Trinajstić information content (AvgIpc) is 2.74. The fraction of sp³-hybridized carbons (Fsp3) is 1.00. The van der Waals surface area contributed by atoms with Crippen LogP contribution in [-0.2, 0) is 4.74 Å². The zero-order chi connectivity index (χ0) is 21.1. The molecule has 0 aliphatic carbocycles. The summed E-state index contributed by atoms with van der Waals surface area (Å²) in [5.41, 5.74) is 0. The van der Waals surface area contributed by atoms with Gasteiger partial charge in [0.2, 0.25) is 0 Å². The molecule has 1 heteroatoms. The van der Waals surface area contributed by atoms with Crippen LogP contribution in [0.4, 0.5) is 0 Å². The smallest absolute Gasteiger partial charge is 0.0465 e. The van der Waals surface area contributed by atoms with Gasteiger partial charge >= 0.3 is 0 Å². The summed E-state index contributed by atoms with van der Waals surface area (Å²) in [7, 11) is 0. The Morgan fingerprint density at radius 1 is 0.310 bits per heavy atom. The molecule has 0 aliphatic heterocycles. The molecule has 0 fully saturated rings. The molecule has 0 bridgehead atoms. The first-order valence-electron chi connectivity index (χ1n) is 14.0. The number of hydrogen-bond donors (Lipinski definition) is 0. The maximum absolute atomic E-state index is 5.38. The summed E-state index contributed by atoms with van der Waals surface area (Å²) in [6.45, 7) is 6.23. The van der Waals surface area contributed by atoms with Crippen molar-refractivity contribution in [2.45, 2.75) is 168 Å². The number of rotatable bonds is 26. The van der Waals surface area contributed by atoms with Crippen LogP contribution >= 0.6 is 0 Å². The first-order chi connectivity index (χ1) is 14.4. The van der Waals surface area contributed by atoms with Gasteiger partial charge in [-0.2, -0.15) is 0 Å². The van der Waals surface area contributed by atoms with Crippen molar-refractivity contribution in [3.63, 3.8) is 0 Å². The standard InChI is InChI=1S/C28H58O/c1-3-5-6-7-8-9-10-11-12-13-14-15-16-17-18-19-20-21-22-23-24-25-26-27-28-29-4-2/h3-28H2,1-2H3. The van der Waals surface area contributed by atoms with Crippen LogP contribution in [0.15, 0.2) is 0 Å². The molecule has 0 aromatic rings. The molecule has 0 heterocycles. The third-order valence-electron chi connectivity index (χ3n) is 6.35. The third kappa shape index (κ3) is 28.0. The van der Waals surface area contributed by atoms with Gasteiger partial charge in [0.1, 0.15) is 0 Å². The first kappa shape index (κ1) is 29.0. The van der Waals surface area contributed by atoms with E-state index in [4.69, 9.17) is 4.74 Å². The van der Waals surface area contributed by atoms with Crippen molar-refractivity contribution >= 4 is 0 Å². The van der Waals surface area contributed by atoms with E-state index in [1.165, 1.54) is 154 Å². The highest BCUT2D eigenvalue weighted by atomic mass is 16.5. The highest BCUT2D eigenvalue weighted by Gasteiger charge is 1.96. The Morgan fingerprint density at radius 3 is 0.793 bits per heavy atom. The van der Waals surface area contributed by atoms with Crippen LogP contribution in [-0.4, -0.2) is 13.2 Å². The molecule has 0 saturated heterocycles. The van der Waals surface area contributed by atoms with Gasteiger partial charge in [-0.25, -0.2) is 0 Å². The predicted octanol–water partition coefficient (Wildman–Crippen LogP) is 10.4. The molecule has 0 saturated carbocycles. The molecule has 0 spiro atoms. The molecule has 29 heavy (non-hydrogen) atoms. The minimum atomic E-state index is 0.874. The van der Waals surface area contributed by atoms with E-state index in [1.54, 1.807) is 0 Å². The molecule has 0 unspecified atom stereocenters. The second kappa shape index (κ2) is 28.0. The SMILES string of the molecule is CCCCCCCCCCCCCCCCCCCCCCCCCCOCC. The Kier molecular flexibility index (Phi) is 27.9. The van der Waals surface area contributed by atoms with Crippen molar-refractivity contribution in [3.8, 4) is 0 Å². The van der Waals surface area contributed by atoms with Crippen LogP contribution in [0.3, 0.4) is 0 Å². The Morgan fingerprint density at radius 2 is 0.552 bits per heavy atom. The molecule has 0 aromatic carbocycles. The van der Waals surface area contributed by atoms with Gasteiger partial charge in [0.25, 0.3) is 0 Å². The van der Waals surface area contributed by atoms with E-state index >= 15 is 0 Å². The van der Waals surface area contributed by atoms with Crippen molar-refractivity contribution in [2.75, 3.05) is 13.2 Å². The molecular weight excluding hydrogens is 352 g/mol. The molecular formula is C28H58O. The molecule has 1 nitrogen and oxygen atoms in total. The Labute approximate surface area is 186 Å². The summed E-state index contributed by atoms with van der Waals surface area (Å²) in [4.78, 5) is 0. The Bertz CT molecular complexity index is 237. The molecule has 176 valence electrons. The number of hydrogen-bond acceptors (Lipinski definition) is 1. The second-order valence-electron chi connectivity index (χ2n) is 9.33. The quantitative estimate of drug-likeness (QED) is 0.129. The van der Waals surface area contributed by atoms with Gasteiger partial charge in [-0.3, -0.25) is 0 Å². The van der Waals surface area contributed by atoms with Gasteiger partial charge in [-0.05, 0) is 13.3 Å². The van der Waals surface area contributed by atoms with Gasteiger partial charge in [0.05, 0.1) is 0 Å². The molecule has 0 amide bonds. The fourth-order valence-corrected chi connectivity index (χ4v) is 4.31. The Balaban J connectivity index is 2.97. The molecule has 0 N–H and O–H groups in total. The summed E-state index contributed by atoms with van der Waals surface area (Å²) in [5, 5.41) is 0. The van der Waals surface area contributed by atoms with E-state index in [1.807, 2.05) is 0 Å². The average molecular weight is 411 g/mol. The van der Waals surface area contributed by atoms with Gasteiger partial charge in [-0.15, -0.1) is 0 Å². The number of unbranched alkanes of at least 4 members (excludes halogenated alkanes) is 23. The predicted molar refractivity (Wildman–Crippen MR) is 133 cm³/mol. The lowest BCUT2D eigenvalue weighted by atomic mass is 10.0. The summed E-state index contributed by atoms with van der Waals surface area (Å²) < 4.78 is 5.38. The molecule has 0 aliphatic rings. The van der Waals surface area contributed by atoms with Crippen LogP contribution in [0.25, 0.3) is 0 Å². The minimum absolute atomic E-state index is 0.874. The largest absolute Gasteiger partial charge is 0.382 e. The highest BCUT2D eigenvalue weighted by molar-refractivity contribution is 4.51. The summed E-state index contributed by atoms with van der Waals surface area (Å²) in [5.74, 6) is 0. The van der Waals surface area contributed by atoms with Crippen LogP contribution in [0.2, 0.25) is 0 Å². The highest BCUT2D eigenvalue weighted by Crippen LogP contribution is 2.15. The zero-order valence-electron chi connectivity index (χ0n) is 20.8. The van der Waals surface area contributed by atoms with Gasteiger partial charge in [0, 0.05) is 13.2 Å². The summed E-state index contributed by atoms with van der Waals surface area (Å²) in [6.07, 6.45) is 34.9. The van der Waals surface area contributed by atoms with Crippen LogP contribution in [0.1, 0.15) is 168 Å². The van der Waals surface area contributed by atoms with Crippen molar-refractivity contribution in [1.29, 1.82) is 0 Å². The van der Waals surface area contributed by atoms with Crippen molar-refractivity contribution in [3.05, 3.63) is 0 Å². The Hall–Kier alpha value is -0.0400. The van der Waals surface area contributed by atoms with E-state index in [2.05, 4.69) is 13.8 Å². The van der Waals surface area contributed by atoms with Crippen molar-refractivity contribution in [1.82, 2.24) is 0 Å². The lowest BCUT2D eigenvalue weighted by Crippen LogP contribution is -1.92. The van der Waals surface area contributed by atoms with E-state index in [0.717, 1.165) is 13.2 Å². The molecule has 0 aromatic heterocycles. The lowest BCUT2D eigenvalue weighted by Gasteiger charge is -2.04. The minimum Gasteiger partial charge on any atom is -0.382 e. The van der Waals surface area contributed by atoms with Crippen molar-refractivity contribution in [2.24, 2.45) is 0 Å². The molecule has 0 atom stereocenters. The summed E-state index contributed by atoms with van der Waals surface area (Å²) in [6, 6.07) is 0. The zero-order valence-corrected chi connectivity index (χ0v) is 20.8. The third-order valence-corrected chi connectivity index (χ3v) is 6.35. The fourth-order valence-electron chi connectivity index (χ4n) is 4.31. The molecule has 0 rings (SSSR count). The van der Waals surface area contributed by atoms with Crippen LogP contribution < -0.4 is 0 Å². The first-order valence-corrected chi connectivity index (χ1v) is 14.0. The second-order valence-corrected chi connectivity index (χ2v) is 9.33. The van der Waals surface area contributed by atoms with E-state index in [-0.39, 0.29) is 0 Å². The maximum atomic E-state index is 5.38. The van der Waals surface area contributed by atoms with Gasteiger partial charge in [-0.1, -0.05) is 155 Å². The summed E-state index contributed by atoms with van der Waals surface area (Å²) >= 11 is 0. The van der Waals surface area contributed by atoms with Crippen molar-refractivity contribution < 1.29 is 4.74 Å². The van der Waals surface area contributed by atoms with E-state index < -0.39 is 0 Å². The monoisotopic (exact) mass is 410 g/mol. The van der Waals surface area contributed by atoms with Crippen LogP contribution in [0, 0.1) is 0 Å². The molecule has 0 radical (unpaired) electrons. The van der Waals surface area contributed by atoms with E-state index in [9.17, 15) is 0 Å². The topological polar surface area (TPSA) is 9.23 Å². The maximum Gasteiger partial charge on any atom is 0.0465 e. The van der Waals surface area contributed by atoms with Crippen LogP contribution in [0.5, 0.6) is 0 Å². The van der Waals surface area contributed by atoms with Gasteiger partial charge in [0.15, 0.2) is 0 Å². The lowest BCUT2D eigenvalue weighted by molar-refractivity contribution is 0.143.